The summed E-state index contributed by atoms with van der Waals surface area (Å²) in [6.45, 7) is 8.78. The molecule has 0 saturated heterocycles. The van der Waals surface area contributed by atoms with Gasteiger partial charge in [0.1, 0.15) is 5.41 Å². The van der Waals surface area contributed by atoms with Gasteiger partial charge < -0.3 is 4.90 Å². The van der Waals surface area contributed by atoms with Crippen LogP contribution in [0.1, 0.15) is 47.0 Å². The van der Waals surface area contributed by atoms with Gasteiger partial charge in [0.15, 0.2) is 0 Å². The lowest BCUT2D eigenvalue weighted by Gasteiger charge is -2.29. The van der Waals surface area contributed by atoms with Gasteiger partial charge in [0, 0.05) is 13.6 Å². The van der Waals surface area contributed by atoms with Crippen molar-refractivity contribution < 1.29 is 4.79 Å². The van der Waals surface area contributed by atoms with Gasteiger partial charge >= 0.3 is 0 Å². The Hall–Kier alpha value is -1.04. The van der Waals surface area contributed by atoms with Gasteiger partial charge in [-0.2, -0.15) is 5.26 Å². The van der Waals surface area contributed by atoms with E-state index in [-0.39, 0.29) is 5.91 Å². The molecule has 1 unspecified atom stereocenters. The van der Waals surface area contributed by atoms with Crippen LogP contribution in [-0.4, -0.2) is 24.4 Å². The number of hydrogen-bond acceptors (Lipinski definition) is 2. The van der Waals surface area contributed by atoms with Gasteiger partial charge in [-0.1, -0.05) is 34.1 Å². The van der Waals surface area contributed by atoms with E-state index < -0.39 is 5.41 Å². The molecule has 0 heterocycles. The summed E-state index contributed by atoms with van der Waals surface area (Å²) in [5.41, 5.74) is -0.817. The highest BCUT2D eigenvalue weighted by Gasteiger charge is 2.37. The zero-order valence-corrected chi connectivity index (χ0v) is 11.2. The number of rotatable bonds is 6. The summed E-state index contributed by atoms with van der Waals surface area (Å²) in [7, 11) is 1.80. The monoisotopic (exact) mass is 224 g/mol. The second-order valence-electron chi connectivity index (χ2n) is 4.60. The van der Waals surface area contributed by atoms with Crippen LogP contribution in [0.3, 0.4) is 0 Å². The normalized spacial score (nSPS) is 13.0. The third kappa shape index (κ3) is 3.23. The zero-order valence-electron chi connectivity index (χ0n) is 11.2. The molecule has 0 spiro atoms. The van der Waals surface area contributed by atoms with Crippen molar-refractivity contribution in [3.63, 3.8) is 0 Å². The van der Waals surface area contributed by atoms with Crippen LogP contribution in [0.4, 0.5) is 0 Å². The molecule has 0 aliphatic rings. The van der Waals surface area contributed by atoms with Crippen molar-refractivity contribution in [1.82, 2.24) is 4.90 Å². The van der Waals surface area contributed by atoms with Crippen LogP contribution in [0.2, 0.25) is 0 Å². The van der Waals surface area contributed by atoms with Crippen molar-refractivity contribution >= 4 is 5.91 Å². The van der Waals surface area contributed by atoms with Gasteiger partial charge in [0.25, 0.3) is 0 Å². The number of amides is 1. The molecule has 0 aromatic rings. The Labute approximate surface area is 99.4 Å². The maximum atomic E-state index is 12.2. The molecular formula is C13H24N2O. The Morgan fingerprint density at radius 2 is 1.88 bits per heavy atom. The number of carbonyl (C=O) groups excluding carboxylic acids is 1. The minimum atomic E-state index is -0.817. The molecule has 0 rings (SSSR count). The molecule has 0 N–H and O–H groups in total. The summed E-state index contributed by atoms with van der Waals surface area (Å²) in [5.74, 6) is 0.458. The fourth-order valence-corrected chi connectivity index (χ4v) is 1.80. The first-order valence-electron chi connectivity index (χ1n) is 6.14. The van der Waals surface area contributed by atoms with E-state index in [2.05, 4.69) is 19.9 Å². The predicted molar refractivity (Wildman–Crippen MR) is 65.7 cm³/mol. The zero-order chi connectivity index (χ0) is 12.8. The van der Waals surface area contributed by atoms with Crippen LogP contribution < -0.4 is 0 Å². The van der Waals surface area contributed by atoms with E-state index in [4.69, 9.17) is 0 Å². The standard InChI is InChI=1S/C13H24N2O/c1-6-11(4)9-15(5)12(16)13(7-2,8-3)10-14/h11H,6-9H2,1-5H3. The quantitative estimate of drug-likeness (QED) is 0.696. The second kappa shape index (κ2) is 6.52. The van der Waals surface area contributed by atoms with Crippen LogP contribution in [0, 0.1) is 22.7 Å². The third-order valence-electron chi connectivity index (χ3n) is 3.46. The Morgan fingerprint density at radius 3 is 2.19 bits per heavy atom. The number of nitrogens with zero attached hydrogens (tertiary/aromatic N) is 2. The first-order valence-corrected chi connectivity index (χ1v) is 6.14. The highest BCUT2D eigenvalue weighted by molar-refractivity contribution is 5.85. The lowest BCUT2D eigenvalue weighted by Crippen LogP contribution is -2.42. The van der Waals surface area contributed by atoms with E-state index in [0.29, 0.717) is 18.8 Å². The number of carbonyl (C=O) groups is 1. The molecule has 0 aromatic carbocycles. The average molecular weight is 224 g/mol. The van der Waals surface area contributed by atoms with E-state index >= 15 is 0 Å². The summed E-state index contributed by atoms with van der Waals surface area (Å²) in [6, 6.07) is 2.20. The van der Waals surface area contributed by atoms with E-state index in [1.54, 1.807) is 11.9 Å². The van der Waals surface area contributed by atoms with Crippen LogP contribution in [0.25, 0.3) is 0 Å². The fourth-order valence-electron chi connectivity index (χ4n) is 1.80. The van der Waals surface area contributed by atoms with Crippen molar-refractivity contribution in [2.75, 3.05) is 13.6 Å². The van der Waals surface area contributed by atoms with Gasteiger partial charge in [0.2, 0.25) is 5.91 Å². The minimum absolute atomic E-state index is 0.0275. The Balaban J connectivity index is 4.70. The summed E-state index contributed by atoms with van der Waals surface area (Å²) in [4.78, 5) is 13.9. The summed E-state index contributed by atoms with van der Waals surface area (Å²) < 4.78 is 0. The predicted octanol–water partition coefficient (Wildman–Crippen LogP) is 2.82. The van der Waals surface area contributed by atoms with E-state index in [1.807, 2.05) is 13.8 Å². The van der Waals surface area contributed by atoms with Crippen LogP contribution in [0.15, 0.2) is 0 Å². The molecule has 0 radical (unpaired) electrons. The van der Waals surface area contributed by atoms with Gasteiger partial charge in [-0.3, -0.25) is 4.79 Å². The molecule has 1 atom stereocenters. The molecule has 16 heavy (non-hydrogen) atoms. The van der Waals surface area contributed by atoms with Crippen molar-refractivity contribution in [2.45, 2.75) is 47.0 Å². The van der Waals surface area contributed by atoms with Gasteiger partial charge in [-0.05, 0) is 18.8 Å². The number of hydrogen-bond donors (Lipinski definition) is 0. The lowest BCUT2D eigenvalue weighted by molar-refractivity contribution is -0.138. The van der Waals surface area contributed by atoms with Gasteiger partial charge in [-0.15, -0.1) is 0 Å². The Bertz CT molecular complexity index is 264. The maximum Gasteiger partial charge on any atom is 0.242 e. The Kier molecular flexibility index (Phi) is 6.10. The second-order valence-corrected chi connectivity index (χ2v) is 4.60. The van der Waals surface area contributed by atoms with Gasteiger partial charge in [0.05, 0.1) is 6.07 Å². The van der Waals surface area contributed by atoms with E-state index in [1.165, 1.54) is 0 Å². The average Bonchev–Trinajstić information content (AvgIpc) is 2.31. The molecule has 0 aliphatic carbocycles. The lowest BCUT2D eigenvalue weighted by atomic mass is 9.82. The first kappa shape index (κ1) is 15.0. The maximum absolute atomic E-state index is 12.2. The molecule has 0 fully saturated rings. The van der Waals surface area contributed by atoms with Crippen LogP contribution in [-0.2, 0) is 4.79 Å². The highest BCUT2D eigenvalue weighted by atomic mass is 16.2. The minimum Gasteiger partial charge on any atom is -0.344 e. The number of nitriles is 1. The molecule has 92 valence electrons. The summed E-state index contributed by atoms with van der Waals surface area (Å²) >= 11 is 0. The third-order valence-corrected chi connectivity index (χ3v) is 3.46. The van der Waals surface area contributed by atoms with Gasteiger partial charge in [-0.25, -0.2) is 0 Å². The fraction of sp³-hybridized carbons (Fsp3) is 0.846. The van der Waals surface area contributed by atoms with Crippen LogP contribution >= 0.6 is 0 Å². The first-order chi connectivity index (χ1) is 7.47. The molecule has 3 nitrogen and oxygen atoms in total. The highest BCUT2D eigenvalue weighted by Crippen LogP contribution is 2.28. The van der Waals surface area contributed by atoms with Crippen molar-refractivity contribution in [2.24, 2.45) is 11.3 Å². The molecular weight excluding hydrogens is 200 g/mol. The SMILES string of the molecule is CCC(C)CN(C)C(=O)C(C#N)(CC)CC. The van der Waals surface area contributed by atoms with Crippen molar-refractivity contribution in [3.8, 4) is 6.07 Å². The largest absolute Gasteiger partial charge is 0.344 e. The molecule has 3 heteroatoms. The van der Waals surface area contributed by atoms with Crippen molar-refractivity contribution in [1.29, 1.82) is 5.26 Å². The molecule has 0 saturated carbocycles. The smallest absolute Gasteiger partial charge is 0.242 e. The molecule has 1 amide bonds. The van der Waals surface area contributed by atoms with Crippen LogP contribution in [0.5, 0.6) is 0 Å². The van der Waals surface area contributed by atoms with E-state index in [0.717, 1.165) is 13.0 Å². The topological polar surface area (TPSA) is 44.1 Å². The van der Waals surface area contributed by atoms with E-state index in [9.17, 15) is 10.1 Å². The molecule has 0 bridgehead atoms. The van der Waals surface area contributed by atoms with Crippen molar-refractivity contribution in [3.05, 3.63) is 0 Å². The summed E-state index contributed by atoms with van der Waals surface area (Å²) in [6.07, 6.45) is 2.22. The Morgan fingerprint density at radius 1 is 1.38 bits per heavy atom. The summed E-state index contributed by atoms with van der Waals surface area (Å²) in [5, 5.41) is 9.19. The molecule has 0 aliphatic heterocycles. The molecule has 0 aromatic heterocycles.